The van der Waals surface area contributed by atoms with Crippen LogP contribution >= 0.6 is 24.0 Å². The third kappa shape index (κ3) is 4.51. The molecule has 5 rings (SSSR count). The molecular formula is C25H22FN3O2S2. The molecule has 3 heterocycles. The van der Waals surface area contributed by atoms with Crippen LogP contribution in [-0.2, 0) is 16.1 Å². The molecule has 0 spiro atoms. The highest BCUT2D eigenvalue weighted by molar-refractivity contribution is 8.26. The normalized spacial score (nSPS) is 18.1. The first-order valence-electron chi connectivity index (χ1n) is 10.7. The summed E-state index contributed by atoms with van der Waals surface area (Å²) < 4.78 is 19.3. The maximum atomic E-state index is 13.2. The SMILES string of the molecule is Cc1cccc2cc(/C=C3\SC(=S)N(Cc4ccc(F)cc4)C3=O)c(N3CCOCC3)nc12. The Hall–Kier alpha value is -2.81. The Morgan fingerprint density at radius 1 is 1.18 bits per heavy atom. The number of nitrogens with zero attached hydrogens (tertiary/aromatic N) is 3. The van der Waals surface area contributed by atoms with Gasteiger partial charge in [-0.05, 0) is 42.3 Å². The number of aryl methyl sites for hydroxylation is 1. The number of pyridine rings is 1. The lowest BCUT2D eigenvalue weighted by Gasteiger charge is -2.29. The van der Waals surface area contributed by atoms with E-state index in [9.17, 15) is 9.18 Å². The topological polar surface area (TPSA) is 45.7 Å². The first kappa shape index (κ1) is 22.0. The summed E-state index contributed by atoms with van der Waals surface area (Å²) in [5, 5.41) is 1.03. The number of morpholine rings is 1. The predicted octanol–water partition coefficient (Wildman–Crippen LogP) is 4.92. The van der Waals surface area contributed by atoms with Crippen LogP contribution in [-0.4, -0.2) is 46.4 Å². The van der Waals surface area contributed by atoms with Crippen LogP contribution < -0.4 is 4.90 Å². The van der Waals surface area contributed by atoms with E-state index < -0.39 is 0 Å². The van der Waals surface area contributed by atoms with Gasteiger partial charge in [0.15, 0.2) is 0 Å². The standard InChI is InChI=1S/C25H22FN3O2S2/c1-16-3-2-4-18-13-19(23(27-22(16)18)28-9-11-31-12-10-28)14-21-24(30)29(25(32)33-21)15-17-5-7-20(26)8-6-17/h2-8,13-14H,9-12,15H2,1H3/b21-14-. The number of thioether (sulfide) groups is 1. The average Bonchev–Trinajstić information content (AvgIpc) is 3.08. The number of halogens is 1. The molecule has 0 aliphatic carbocycles. The van der Waals surface area contributed by atoms with E-state index in [2.05, 4.69) is 24.0 Å². The summed E-state index contributed by atoms with van der Waals surface area (Å²) in [5.41, 5.74) is 3.78. The van der Waals surface area contributed by atoms with E-state index in [1.807, 2.05) is 18.2 Å². The van der Waals surface area contributed by atoms with Crippen molar-refractivity contribution < 1.29 is 13.9 Å². The van der Waals surface area contributed by atoms with Gasteiger partial charge in [-0.1, -0.05) is 54.3 Å². The molecule has 0 saturated carbocycles. The second kappa shape index (κ2) is 9.21. The van der Waals surface area contributed by atoms with Gasteiger partial charge in [-0.2, -0.15) is 0 Å². The van der Waals surface area contributed by atoms with Crippen molar-refractivity contribution in [1.29, 1.82) is 0 Å². The van der Waals surface area contributed by atoms with Crippen molar-refractivity contribution in [3.63, 3.8) is 0 Å². The van der Waals surface area contributed by atoms with Gasteiger partial charge in [0.25, 0.3) is 5.91 Å². The fourth-order valence-corrected chi connectivity index (χ4v) is 5.28. The largest absolute Gasteiger partial charge is 0.378 e. The van der Waals surface area contributed by atoms with E-state index in [0.717, 1.165) is 46.5 Å². The highest BCUT2D eigenvalue weighted by Gasteiger charge is 2.32. The van der Waals surface area contributed by atoms with Gasteiger partial charge in [0.2, 0.25) is 0 Å². The molecule has 2 aliphatic heterocycles. The molecule has 1 aromatic heterocycles. The highest BCUT2D eigenvalue weighted by Crippen LogP contribution is 2.36. The molecule has 0 atom stereocenters. The number of carbonyl (C=O) groups is 1. The van der Waals surface area contributed by atoms with Gasteiger partial charge in [0.1, 0.15) is 16.0 Å². The summed E-state index contributed by atoms with van der Waals surface area (Å²) in [4.78, 5) is 22.6. The van der Waals surface area contributed by atoms with Crippen LogP contribution in [0.5, 0.6) is 0 Å². The van der Waals surface area contributed by atoms with Gasteiger partial charge in [-0.3, -0.25) is 9.69 Å². The van der Waals surface area contributed by atoms with E-state index in [1.54, 1.807) is 17.0 Å². The number of para-hydroxylation sites is 1. The van der Waals surface area contributed by atoms with Crippen LogP contribution in [0.2, 0.25) is 0 Å². The summed E-state index contributed by atoms with van der Waals surface area (Å²) in [6.45, 7) is 5.15. The summed E-state index contributed by atoms with van der Waals surface area (Å²) in [6.07, 6.45) is 1.89. The minimum absolute atomic E-state index is 0.147. The van der Waals surface area contributed by atoms with Gasteiger partial charge in [0.05, 0.1) is 30.2 Å². The third-order valence-electron chi connectivity index (χ3n) is 5.78. The number of anilines is 1. The van der Waals surface area contributed by atoms with Crippen LogP contribution in [0.1, 0.15) is 16.7 Å². The zero-order valence-corrected chi connectivity index (χ0v) is 19.7. The number of amides is 1. The number of rotatable bonds is 4. The number of hydrogen-bond acceptors (Lipinski definition) is 6. The smallest absolute Gasteiger partial charge is 0.266 e. The molecule has 1 amide bonds. The van der Waals surface area contributed by atoms with Crippen molar-refractivity contribution in [3.05, 3.63) is 75.9 Å². The van der Waals surface area contributed by atoms with Crippen molar-refractivity contribution in [3.8, 4) is 0 Å². The summed E-state index contributed by atoms with van der Waals surface area (Å²) >= 11 is 6.79. The van der Waals surface area contributed by atoms with Crippen LogP contribution in [0.4, 0.5) is 10.2 Å². The second-order valence-corrected chi connectivity index (χ2v) is 9.72. The molecule has 2 aromatic carbocycles. The maximum absolute atomic E-state index is 13.2. The van der Waals surface area contributed by atoms with E-state index in [0.29, 0.717) is 29.0 Å². The fraction of sp³-hybridized carbons (Fsp3) is 0.240. The quantitative estimate of drug-likeness (QED) is 0.391. The molecule has 5 nitrogen and oxygen atoms in total. The van der Waals surface area contributed by atoms with Crippen molar-refractivity contribution in [2.45, 2.75) is 13.5 Å². The Balaban J connectivity index is 1.51. The lowest BCUT2D eigenvalue weighted by molar-refractivity contribution is -0.122. The minimum atomic E-state index is -0.307. The van der Waals surface area contributed by atoms with Crippen LogP contribution in [0.15, 0.2) is 53.4 Å². The summed E-state index contributed by atoms with van der Waals surface area (Å²) in [7, 11) is 0. The van der Waals surface area contributed by atoms with Crippen LogP contribution in [0, 0.1) is 12.7 Å². The molecule has 0 bridgehead atoms. The van der Waals surface area contributed by atoms with Crippen molar-refractivity contribution >= 4 is 57.0 Å². The molecule has 2 aliphatic rings. The van der Waals surface area contributed by atoms with Gasteiger partial charge >= 0.3 is 0 Å². The van der Waals surface area contributed by atoms with E-state index in [4.69, 9.17) is 21.9 Å². The van der Waals surface area contributed by atoms with Crippen LogP contribution in [0.25, 0.3) is 17.0 Å². The number of ether oxygens (including phenoxy) is 1. The third-order valence-corrected chi connectivity index (χ3v) is 7.16. The average molecular weight is 480 g/mol. The summed E-state index contributed by atoms with van der Waals surface area (Å²) in [6, 6.07) is 14.3. The molecule has 3 aromatic rings. The second-order valence-electron chi connectivity index (χ2n) is 8.04. The Morgan fingerprint density at radius 2 is 1.94 bits per heavy atom. The van der Waals surface area contributed by atoms with Crippen molar-refractivity contribution in [2.24, 2.45) is 0 Å². The molecule has 168 valence electrons. The predicted molar refractivity (Wildman–Crippen MR) is 135 cm³/mol. The van der Waals surface area contributed by atoms with Gasteiger partial charge in [-0.15, -0.1) is 0 Å². The first-order valence-corrected chi connectivity index (χ1v) is 11.9. The Bertz CT molecular complexity index is 1270. The molecule has 33 heavy (non-hydrogen) atoms. The number of fused-ring (bicyclic) bond motifs is 1. The number of aromatic nitrogens is 1. The molecular weight excluding hydrogens is 457 g/mol. The van der Waals surface area contributed by atoms with E-state index in [1.165, 1.54) is 23.9 Å². The minimum Gasteiger partial charge on any atom is -0.378 e. The molecule has 2 fully saturated rings. The molecule has 0 unspecified atom stereocenters. The van der Waals surface area contributed by atoms with Gasteiger partial charge in [0, 0.05) is 24.0 Å². The Kier molecular flexibility index (Phi) is 6.14. The zero-order valence-electron chi connectivity index (χ0n) is 18.1. The fourth-order valence-electron chi connectivity index (χ4n) is 4.04. The Morgan fingerprint density at radius 3 is 2.70 bits per heavy atom. The first-order chi connectivity index (χ1) is 16.0. The number of thiocarbonyl (C=S) groups is 1. The molecule has 0 radical (unpaired) electrons. The van der Waals surface area contributed by atoms with E-state index >= 15 is 0 Å². The van der Waals surface area contributed by atoms with Crippen LogP contribution in [0.3, 0.4) is 0 Å². The lowest BCUT2D eigenvalue weighted by Crippen LogP contribution is -2.37. The lowest BCUT2D eigenvalue weighted by atomic mass is 10.1. The van der Waals surface area contributed by atoms with E-state index in [-0.39, 0.29) is 11.7 Å². The molecule has 2 saturated heterocycles. The van der Waals surface area contributed by atoms with Crippen molar-refractivity contribution in [2.75, 3.05) is 31.2 Å². The molecule has 0 N–H and O–H groups in total. The maximum Gasteiger partial charge on any atom is 0.266 e. The highest BCUT2D eigenvalue weighted by atomic mass is 32.2. The van der Waals surface area contributed by atoms with Crippen molar-refractivity contribution in [1.82, 2.24) is 9.88 Å². The monoisotopic (exact) mass is 479 g/mol. The molecule has 8 heteroatoms. The van der Waals surface area contributed by atoms with Gasteiger partial charge < -0.3 is 9.64 Å². The summed E-state index contributed by atoms with van der Waals surface area (Å²) in [5.74, 6) is 0.397. The van der Waals surface area contributed by atoms with Gasteiger partial charge in [-0.25, -0.2) is 9.37 Å². The number of hydrogen-bond donors (Lipinski definition) is 0. The number of carbonyl (C=O) groups excluding carboxylic acids is 1. The zero-order chi connectivity index (χ0) is 22.9. The Labute approximate surface area is 201 Å². The number of benzene rings is 2.